The van der Waals surface area contributed by atoms with Crippen LogP contribution in [-0.2, 0) is 10.3 Å². The molecule has 1 aliphatic rings. The first-order valence-electron chi connectivity index (χ1n) is 7.88. The van der Waals surface area contributed by atoms with Gasteiger partial charge in [0.05, 0.1) is 20.3 Å². The van der Waals surface area contributed by atoms with Crippen molar-refractivity contribution < 1.29 is 19.4 Å². The molecule has 1 aromatic carbocycles. The number of ether oxygens (including phenoxy) is 2. The summed E-state index contributed by atoms with van der Waals surface area (Å²) in [5.74, 6) is 0.645. The van der Waals surface area contributed by atoms with Crippen molar-refractivity contribution in [2.75, 3.05) is 26.8 Å². The number of aliphatic hydroxyl groups is 1. The monoisotopic (exact) mass is 307 g/mol. The zero-order valence-corrected chi connectivity index (χ0v) is 13.4. The molecular weight excluding hydrogens is 282 g/mol. The maximum absolute atomic E-state index is 12.1. The van der Waals surface area contributed by atoms with Crippen molar-refractivity contribution in [3.05, 3.63) is 29.8 Å². The summed E-state index contributed by atoms with van der Waals surface area (Å²) in [5, 5.41) is 11.0. The highest BCUT2D eigenvalue weighted by Crippen LogP contribution is 2.36. The maximum atomic E-state index is 12.1. The molecule has 1 heterocycles. The van der Waals surface area contributed by atoms with Gasteiger partial charge in [0.15, 0.2) is 0 Å². The Hall–Kier alpha value is -1.75. The first-order chi connectivity index (χ1) is 10.6. The van der Waals surface area contributed by atoms with E-state index in [1.807, 2.05) is 24.3 Å². The highest BCUT2D eigenvalue weighted by Gasteiger charge is 2.39. The number of para-hydroxylation sites is 1. The number of methoxy groups -OCH3 is 1. The SMILES string of the molecule is CCCCOC(=O)N1CCCC(O)(c2ccccc2OC)C1. The van der Waals surface area contributed by atoms with Crippen molar-refractivity contribution in [1.82, 2.24) is 4.90 Å². The van der Waals surface area contributed by atoms with Gasteiger partial charge in [-0.3, -0.25) is 0 Å². The van der Waals surface area contributed by atoms with E-state index in [4.69, 9.17) is 9.47 Å². The van der Waals surface area contributed by atoms with Crippen LogP contribution in [0.15, 0.2) is 24.3 Å². The number of unbranched alkanes of at least 4 members (excludes halogenated alkanes) is 1. The maximum Gasteiger partial charge on any atom is 0.409 e. The molecule has 122 valence electrons. The summed E-state index contributed by atoms with van der Waals surface area (Å²) in [5.41, 5.74) is -0.363. The summed E-state index contributed by atoms with van der Waals surface area (Å²) < 4.78 is 10.6. The van der Waals surface area contributed by atoms with E-state index < -0.39 is 5.60 Å². The summed E-state index contributed by atoms with van der Waals surface area (Å²) in [7, 11) is 1.59. The second-order valence-electron chi connectivity index (χ2n) is 5.72. The Kier molecular flexibility index (Phi) is 5.66. The first kappa shape index (κ1) is 16.6. The fourth-order valence-corrected chi connectivity index (χ4v) is 2.84. The molecule has 1 saturated heterocycles. The van der Waals surface area contributed by atoms with Gasteiger partial charge in [0.25, 0.3) is 0 Å². The van der Waals surface area contributed by atoms with Crippen LogP contribution < -0.4 is 4.74 Å². The third-order valence-corrected chi connectivity index (χ3v) is 4.06. The Morgan fingerprint density at radius 1 is 1.41 bits per heavy atom. The number of likely N-dealkylation sites (tertiary alicyclic amines) is 1. The van der Waals surface area contributed by atoms with Crippen molar-refractivity contribution in [2.24, 2.45) is 0 Å². The lowest BCUT2D eigenvalue weighted by Gasteiger charge is -2.39. The Labute approximate surface area is 131 Å². The summed E-state index contributed by atoms with van der Waals surface area (Å²) in [4.78, 5) is 13.7. The number of amides is 1. The minimum Gasteiger partial charge on any atom is -0.496 e. The molecule has 0 aliphatic carbocycles. The van der Waals surface area contributed by atoms with Crippen molar-refractivity contribution in [3.8, 4) is 5.75 Å². The van der Waals surface area contributed by atoms with E-state index in [0.717, 1.165) is 24.8 Å². The molecule has 1 fully saturated rings. The van der Waals surface area contributed by atoms with E-state index in [9.17, 15) is 9.90 Å². The third kappa shape index (κ3) is 3.71. The predicted molar refractivity (Wildman–Crippen MR) is 84.0 cm³/mol. The number of hydrogen-bond donors (Lipinski definition) is 1. The lowest BCUT2D eigenvalue weighted by Crippen LogP contribution is -2.48. The molecule has 1 N–H and O–H groups in total. The molecule has 1 aliphatic heterocycles. The lowest BCUT2D eigenvalue weighted by molar-refractivity contribution is -0.0354. The van der Waals surface area contributed by atoms with Crippen LogP contribution in [0.3, 0.4) is 0 Å². The molecule has 2 rings (SSSR count). The molecule has 5 nitrogen and oxygen atoms in total. The number of piperidine rings is 1. The van der Waals surface area contributed by atoms with Gasteiger partial charge in [0.2, 0.25) is 0 Å². The van der Waals surface area contributed by atoms with Gasteiger partial charge in [0.1, 0.15) is 11.4 Å². The molecule has 0 spiro atoms. The van der Waals surface area contributed by atoms with Crippen molar-refractivity contribution in [2.45, 2.75) is 38.2 Å². The first-order valence-corrected chi connectivity index (χ1v) is 7.88. The third-order valence-electron chi connectivity index (χ3n) is 4.06. The summed E-state index contributed by atoms with van der Waals surface area (Å²) in [6.07, 6.45) is 2.83. The Morgan fingerprint density at radius 3 is 2.91 bits per heavy atom. The normalized spacial score (nSPS) is 21.5. The highest BCUT2D eigenvalue weighted by atomic mass is 16.6. The van der Waals surface area contributed by atoms with Crippen LogP contribution in [0.1, 0.15) is 38.2 Å². The van der Waals surface area contributed by atoms with E-state index in [2.05, 4.69) is 6.92 Å². The topological polar surface area (TPSA) is 59.0 Å². The Bertz CT molecular complexity index is 505. The molecule has 22 heavy (non-hydrogen) atoms. The van der Waals surface area contributed by atoms with Crippen molar-refractivity contribution in [3.63, 3.8) is 0 Å². The number of nitrogens with zero attached hydrogens (tertiary/aromatic N) is 1. The van der Waals surface area contributed by atoms with Gasteiger partial charge in [-0.1, -0.05) is 31.5 Å². The molecule has 5 heteroatoms. The van der Waals surface area contributed by atoms with E-state index in [-0.39, 0.29) is 12.6 Å². The van der Waals surface area contributed by atoms with Gasteiger partial charge in [-0.05, 0) is 25.3 Å². The summed E-state index contributed by atoms with van der Waals surface area (Å²) in [6, 6.07) is 7.41. The number of carbonyl (C=O) groups excluding carboxylic acids is 1. The van der Waals surface area contributed by atoms with Crippen LogP contribution in [0, 0.1) is 0 Å². The van der Waals surface area contributed by atoms with Gasteiger partial charge >= 0.3 is 6.09 Å². The second-order valence-corrected chi connectivity index (χ2v) is 5.72. The van der Waals surface area contributed by atoms with Gasteiger partial charge in [-0.25, -0.2) is 4.79 Å². The largest absolute Gasteiger partial charge is 0.496 e. The molecule has 1 atom stereocenters. The van der Waals surface area contributed by atoms with Crippen molar-refractivity contribution in [1.29, 1.82) is 0 Å². The standard InChI is InChI=1S/C17H25NO4/c1-3-4-12-22-16(19)18-11-7-10-17(20,13-18)14-8-5-6-9-15(14)21-2/h5-6,8-9,20H,3-4,7,10-13H2,1-2H3. The highest BCUT2D eigenvalue weighted by molar-refractivity contribution is 5.68. The van der Waals surface area contributed by atoms with E-state index in [1.54, 1.807) is 12.0 Å². The van der Waals surface area contributed by atoms with Crippen LogP contribution in [0.25, 0.3) is 0 Å². The van der Waals surface area contributed by atoms with Crippen molar-refractivity contribution >= 4 is 6.09 Å². The minimum absolute atomic E-state index is 0.234. The molecule has 0 saturated carbocycles. The molecule has 1 amide bonds. The quantitative estimate of drug-likeness (QED) is 0.850. The van der Waals surface area contributed by atoms with Gasteiger partial charge < -0.3 is 19.5 Å². The van der Waals surface area contributed by atoms with Gasteiger partial charge in [0, 0.05) is 12.1 Å². The van der Waals surface area contributed by atoms with Crippen LogP contribution in [0.5, 0.6) is 5.75 Å². The van der Waals surface area contributed by atoms with Crippen LogP contribution in [0.2, 0.25) is 0 Å². The molecule has 0 aromatic heterocycles. The average molecular weight is 307 g/mol. The lowest BCUT2D eigenvalue weighted by atomic mass is 9.85. The smallest absolute Gasteiger partial charge is 0.409 e. The van der Waals surface area contributed by atoms with Crippen LogP contribution >= 0.6 is 0 Å². The van der Waals surface area contributed by atoms with Crippen LogP contribution in [-0.4, -0.2) is 42.9 Å². The van der Waals surface area contributed by atoms with E-state index in [1.165, 1.54) is 0 Å². The van der Waals surface area contributed by atoms with E-state index >= 15 is 0 Å². The average Bonchev–Trinajstić information content (AvgIpc) is 2.55. The Balaban J connectivity index is 2.10. The molecule has 0 bridgehead atoms. The number of rotatable bonds is 5. The van der Waals surface area contributed by atoms with Gasteiger partial charge in [-0.15, -0.1) is 0 Å². The zero-order chi connectivity index (χ0) is 16.0. The Morgan fingerprint density at radius 2 is 2.18 bits per heavy atom. The fourth-order valence-electron chi connectivity index (χ4n) is 2.84. The summed E-state index contributed by atoms with van der Waals surface area (Å²) >= 11 is 0. The predicted octanol–water partition coefficient (Wildman–Crippen LogP) is 2.92. The molecule has 1 unspecified atom stereocenters. The number of hydrogen-bond acceptors (Lipinski definition) is 4. The number of carbonyl (C=O) groups is 1. The van der Waals surface area contributed by atoms with Gasteiger partial charge in [-0.2, -0.15) is 0 Å². The van der Waals surface area contributed by atoms with Crippen LogP contribution in [0.4, 0.5) is 4.79 Å². The number of β-amino-alcohol motifs (C(OH)–C–C–N with tert-alkyl or cyclic N) is 1. The zero-order valence-electron chi connectivity index (χ0n) is 13.4. The van der Waals surface area contributed by atoms with E-state index in [0.29, 0.717) is 25.3 Å². The molecule has 1 aromatic rings. The molecular formula is C17H25NO4. The molecule has 0 radical (unpaired) electrons. The second kappa shape index (κ2) is 7.49. The number of benzene rings is 1. The summed E-state index contributed by atoms with van der Waals surface area (Å²) in [6.45, 7) is 3.33. The minimum atomic E-state index is -1.09. The fraction of sp³-hybridized carbons (Fsp3) is 0.588.